The van der Waals surface area contributed by atoms with Gasteiger partial charge in [0.05, 0.1) is 16.8 Å². The lowest BCUT2D eigenvalue weighted by atomic mass is 9.89. The summed E-state index contributed by atoms with van der Waals surface area (Å²) in [6.45, 7) is 6.73. The predicted octanol–water partition coefficient (Wildman–Crippen LogP) is 4.96. The molecule has 2 amide bonds. The second-order valence-electron chi connectivity index (χ2n) is 8.31. The molecule has 1 aromatic carbocycles. The number of rotatable bonds is 5. The van der Waals surface area contributed by atoms with E-state index in [2.05, 4.69) is 10.3 Å². The van der Waals surface area contributed by atoms with Gasteiger partial charge in [0.2, 0.25) is 0 Å². The first-order valence-electron chi connectivity index (χ1n) is 10.8. The Morgan fingerprint density at radius 1 is 1.12 bits per heavy atom. The quantitative estimate of drug-likeness (QED) is 0.705. The lowest BCUT2D eigenvalue weighted by molar-refractivity contribution is -0.137. The summed E-state index contributed by atoms with van der Waals surface area (Å²) in [5.41, 5.74) is 1.58. The van der Waals surface area contributed by atoms with Crippen molar-refractivity contribution in [3.05, 3.63) is 64.5 Å². The molecular formula is C24H28F3N3O2. The second kappa shape index (κ2) is 9.71. The number of carbonyl (C=O) groups excluding carboxylic acids is 2. The minimum absolute atomic E-state index is 0.0317. The number of hydrogen-bond acceptors (Lipinski definition) is 3. The summed E-state index contributed by atoms with van der Waals surface area (Å²) in [6, 6.07) is 7.97. The number of likely N-dealkylation sites (tertiary alicyclic amines) is 1. The fourth-order valence-electron chi connectivity index (χ4n) is 3.82. The van der Waals surface area contributed by atoms with Crippen molar-refractivity contribution in [1.29, 1.82) is 0 Å². The van der Waals surface area contributed by atoms with Gasteiger partial charge in [0.15, 0.2) is 0 Å². The number of pyridine rings is 1. The van der Waals surface area contributed by atoms with E-state index in [0.29, 0.717) is 31.5 Å². The number of aryl methyl sites for hydroxylation is 1. The summed E-state index contributed by atoms with van der Waals surface area (Å²) < 4.78 is 38.3. The normalized spacial score (nSPS) is 16.0. The summed E-state index contributed by atoms with van der Waals surface area (Å²) in [4.78, 5) is 31.8. The van der Waals surface area contributed by atoms with Gasteiger partial charge >= 0.3 is 6.18 Å². The third kappa shape index (κ3) is 5.47. The highest BCUT2D eigenvalue weighted by molar-refractivity contribution is 5.96. The van der Waals surface area contributed by atoms with Gasteiger partial charge in [-0.25, -0.2) is 0 Å². The molecule has 3 rings (SSSR count). The predicted molar refractivity (Wildman–Crippen MR) is 116 cm³/mol. The first kappa shape index (κ1) is 23.8. The fourth-order valence-corrected chi connectivity index (χ4v) is 3.82. The molecule has 1 N–H and O–H groups in total. The van der Waals surface area contributed by atoms with Crippen molar-refractivity contribution in [3.63, 3.8) is 0 Å². The Balaban J connectivity index is 1.70. The molecule has 8 heteroatoms. The van der Waals surface area contributed by atoms with Crippen LogP contribution in [0.25, 0.3) is 0 Å². The van der Waals surface area contributed by atoms with Crippen molar-refractivity contribution < 1.29 is 22.8 Å². The summed E-state index contributed by atoms with van der Waals surface area (Å²) >= 11 is 0. The van der Waals surface area contributed by atoms with Gasteiger partial charge in [-0.2, -0.15) is 13.2 Å². The number of alkyl halides is 3. The number of nitrogens with one attached hydrogen (secondary N) is 1. The Labute approximate surface area is 186 Å². The van der Waals surface area contributed by atoms with E-state index < -0.39 is 11.7 Å². The van der Waals surface area contributed by atoms with Crippen LogP contribution in [0.2, 0.25) is 0 Å². The van der Waals surface area contributed by atoms with Gasteiger partial charge in [-0.3, -0.25) is 14.6 Å². The van der Waals surface area contributed by atoms with E-state index in [9.17, 15) is 22.8 Å². The van der Waals surface area contributed by atoms with Gasteiger partial charge in [-0.05, 0) is 69.5 Å². The van der Waals surface area contributed by atoms with Crippen molar-refractivity contribution in [1.82, 2.24) is 15.2 Å². The van der Waals surface area contributed by atoms with Crippen molar-refractivity contribution in [3.8, 4) is 0 Å². The Hall–Kier alpha value is -2.90. The van der Waals surface area contributed by atoms with E-state index in [1.165, 1.54) is 12.1 Å². The van der Waals surface area contributed by atoms with Crippen molar-refractivity contribution in [2.75, 3.05) is 13.1 Å². The summed E-state index contributed by atoms with van der Waals surface area (Å²) in [7, 11) is 0. The molecule has 2 aromatic rings. The second-order valence-corrected chi connectivity index (χ2v) is 8.31. The largest absolute Gasteiger partial charge is 0.416 e. The van der Waals surface area contributed by atoms with Crippen LogP contribution in [0.1, 0.15) is 76.7 Å². The van der Waals surface area contributed by atoms with E-state index in [1.807, 2.05) is 26.8 Å². The van der Waals surface area contributed by atoms with Crippen molar-refractivity contribution in [2.45, 2.75) is 58.2 Å². The highest BCUT2D eigenvalue weighted by Crippen LogP contribution is 2.31. The van der Waals surface area contributed by atoms with Crippen LogP contribution in [0.4, 0.5) is 13.2 Å². The molecule has 0 saturated carbocycles. The molecule has 0 radical (unpaired) electrons. The van der Waals surface area contributed by atoms with Crippen LogP contribution in [0, 0.1) is 6.92 Å². The minimum Gasteiger partial charge on any atom is -0.350 e. The minimum atomic E-state index is -4.43. The molecule has 172 valence electrons. The van der Waals surface area contributed by atoms with Crippen LogP contribution < -0.4 is 5.32 Å². The number of nitrogens with zero attached hydrogens (tertiary/aromatic N) is 2. The standard InChI is InChI=1S/C24H28F3N3O2/c1-4-15(2)29-22(31)20-10-5-16(3)28-21(20)17-11-13-30(14-12-17)23(32)18-6-8-19(9-7-18)24(25,26)27/h5-10,15,17H,4,11-14H2,1-3H3,(H,29,31). The molecule has 1 saturated heterocycles. The lowest BCUT2D eigenvalue weighted by Gasteiger charge is -2.32. The van der Waals surface area contributed by atoms with Crippen molar-refractivity contribution in [2.24, 2.45) is 0 Å². The molecular weight excluding hydrogens is 419 g/mol. The van der Waals surface area contributed by atoms with Crippen LogP contribution in [0.5, 0.6) is 0 Å². The highest BCUT2D eigenvalue weighted by Gasteiger charge is 2.31. The van der Waals surface area contributed by atoms with E-state index in [-0.39, 0.29) is 29.3 Å². The number of hydrogen-bond donors (Lipinski definition) is 1. The third-order valence-electron chi connectivity index (χ3n) is 5.93. The maximum Gasteiger partial charge on any atom is 0.416 e. The van der Waals surface area contributed by atoms with Gasteiger partial charge in [0, 0.05) is 36.3 Å². The van der Waals surface area contributed by atoms with Crippen LogP contribution in [-0.2, 0) is 6.18 Å². The van der Waals surface area contributed by atoms with E-state index in [1.54, 1.807) is 11.0 Å². The zero-order chi connectivity index (χ0) is 23.5. The first-order chi connectivity index (χ1) is 15.1. The molecule has 1 aliphatic heterocycles. The van der Waals surface area contributed by atoms with E-state index in [4.69, 9.17) is 0 Å². The zero-order valence-corrected chi connectivity index (χ0v) is 18.5. The maximum atomic E-state index is 12.8. The number of halogens is 3. The Bertz CT molecular complexity index is 965. The average Bonchev–Trinajstić information content (AvgIpc) is 2.78. The first-order valence-corrected chi connectivity index (χ1v) is 10.8. The number of carbonyl (C=O) groups is 2. The van der Waals surface area contributed by atoms with Crippen LogP contribution in [0.3, 0.4) is 0 Å². The summed E-state index contributed by atoms with van der Waals surface area (Å²) in [5, 5.41) is 2.98. The molecule has 1 fully saturated rings. The summed E-state index contributed by atoms with van der Waals surface area (Å²) in [5.74, 6) is -0.404. The molecule has 0 aliphatic carbocycles. The molecule has 0 spiro atoms. The number of aromatic nitrogens is 1. The molecule has 0 bridgehead atoms. The molecule has 1 aliphatic rings. The zero-order valence-electron chi connectivity index (χ0n) is 18.5. The Morgan fingerprint density at radius 2 is 1.75 bits per heavy atom. The van der Waals surface area contributed by atoms with Gasteiger partial charge in [0.1, 0.15) is 0 Å². The monoisotopic (exact) mass is 447 g/mol. The van der Waals surface area contributed by atoms with Gasteiger partial charge < -0.3 is 10.2 Å². The Morgan fingerprint density at radius 3 is 2.31 bits per heavy atom. The average molecular weight is 448 g/mol. The van der Waals surface area contributed by atoms with E-state index in [0.717, 1.165) is 29.9 Å². The molecule has 1 atom stereocenters. The smallest absolute Gasteiger partial charge is 0.350 e. The van der Waals surface area contributed by atoms with E-state index >= 15 is 0 Å². The number of benzene rings is 1. The Kier molecular flexibility index (Phi) is 7.21. The third-order valence-corrected chi connectivity index (χ3v) is 5.93. The number of amides is 2. The summed E-state index contributed by atoms with van der Waals surface area (Å²) in [6.07, 6.45) is -2.34. The number of piperidine rings is 1. The van der Waals surface area contributed by atoms with Gasteiger partial charge in [0.25, 0.3) is 11.8 Å². The topological polar surface area (TPSA) is 62.3 Å². The molecule has 32 heavy (non-hydrogen) atoms. The van der Waals surface area contributed by atoms with Gasteiger partial charge in [-0.15, -0.1) is 0 Å². The van der Waals surface area contributed by atoms with Crippen LogP contribution >= 0.6 is 0 Å². The van der Waals surface area contributed by atoms with Crippen LogP contribution in [0.15, 0.2) is 36.4 Å². The molecule has 5 nitrogen and oxygen atoms in total. The SMILES string of the molecule is CCC(C)NC(=O)c1ccc(C)nc1C1CCN(C(=O)c2ccc(C(F)(F)F)cc2)CC1. The lowest BCUT2D eigenvalue weighted by Crippen LogP contribution is -2.39. The molecule has 1 unspecified atom stereocenters. The van der Waals surface area contributed by atoms with Crippen LogP contribution in [-0.4, -0.2) is 40.8 Å². The van der Waals surface area contributed by atoms with Crippen molar-refractivity contribution >= 4 is 11.8 Å². The molecule has 1 aromatic heterocycles. The highest BCUT2D eigenvalue weighted by atomic mass is 19.4. The fraction of sp³-hybridized carbons (Fsp3) is 0.458. The molecule has 2 heterocycles. The van der Waals surface area contributed by atoms with Gasteiger partial charge in [-0.1, -0.05) is 6.92 Å². The maximum absolute atomic E-state index is 12.8.